The standard InChI is InChI=1S/C23H28N4OS/c1-15(2)18-9-11-19(12-10-18)17(4)24-21(28)14-29-23-26-25-22(27(23)5)20-8-6-7-16(3)13-20/h6-13,15,17H,14H2,1-5H3,(H,24,28). The first-order chi connectivity index (χ1) is 13.8. The van der Waals surface area contributed by atoms with Crippen molar-refractivity contribution >= 4 is 17.7 Å². The van der Waals surface area contributed by atoms with E-state index in [4.69, 9.17) is 0 Å². The van der Waals surface area contributed by atoms with Gasteiger partial charge in [0.05, 0.1) is 11.8 Å². The van der Waals surface area contributed by atoms with Gasteiger partial charge in [0.15, 0.2) is 11.0 Å². The van der Waals surface area contributed by atoms with Gasteiger partial charge in [-0.1, -0.05) is 73.6 Å². The third kappa shape index (κ3) is 5.26. The summed E-state index contributed by atoms with van der Waals surface area (Å²) in [6, 6.07) is 16.6. The van der Waals surface area contributed by atoms with Crippen molar-refractivity contribution in [1.82, 2.24) is 20.1 Å². The molecular weight excluding hydrogens is 380 g/mol. The first-order valence-corrected chi connectivity index (χ1v) is 10.8. The number of thioether (sulfide) groups is 1. The summed E-state index contributed by atoms with van der Waals surface area (Å²) in [6.07, 6.45) is 0. The van der Waals surface area contributed by atoms with Crippen LogP contribution in [0.4, 0.5) is 0 Å². The summed E-state index contributed by atoms with van der Waals surface area (Å²) in [5, 5.41) is 12.3. The summed E-state index contributed by atoms with van der Waals surface area (Å²) in [5.74, 6) is 1.58. The molecule has 0 fully saturated rings. The van der Waals surface area contributed by atoms with Crippen LogP contribution in [-0.2, 0) is 11.8 Å². The minimum absolute atomic E-state index is 0.0180. The second kappa shape index (κ2) is 9.27. The second-order valence-corrected chi connectivity index (χ2v) is 8.58. The van der Waals surface area contributed by atoms with Gasteiger partial charge in [0, 0.05) is 12.6 Å². The van der Waals surface area contributed by atoms with Crippen molar-refractivity contribution < 1.29 is 4.79 Å². The van der Waals surface area contributed by atoms with E-state index in [1.807, 2.05) is 30.7 Å². The van der Waals surface area contributed by atoms with Gasteiger partial charge in [-0.25, -0.2) is 0 Å². The Bertz CT molecular complexity index is 979. The van der Waals surface area contributed by atoms with Crippen molar-refractivity contribution in [1.29, 1.82) is 0 Å². The number of aromatic nitrogens is 3. The molecule has 0 spiro atoms. The molecule has 6 heteroatoms. The highest BCUT2D eigenvalue weighted by atomic mass is 32.2. The third-order valence-electron chi connectivity index (χ3n) is 4.92. The molecule has 0 aliphatic heterocycles. The lowest BCUT2D eigenvalue weighted by atomic mass is 10.00. The van der Waals surface area contributed by atoms with Gasteiger partial charge in [0.25, 0.3) is 0 Å². The number of aryl methyl sites for hydroxylation is 1. The minimum atomic E-state index is -0.0355. The van der Waals surface area contributed by atoms with E-state index in [9.17, 15) is 4.79 Å². The van der Waals surface area contributed by atoms with Crippen molar-refractivity contribution in [3.8, 4) is 11.4 Å². The predicted octanol–water partition coefficient (Wildman–Crippen LogP) is 4.88. The smallest absolute Gasteiger partial charge is 0.230 e. The molecule has 5 nitrogen and oxygen atoms in total. The summed E-state index contributed by atoms with van der Waals surface area (Å²) in [7, 11) is 1.93. The maximum Gasteiger partial charge on any atom is 0.230 e. The fourth-order valence-electron chi connectivity index (χ4n) is 3.14. The van der Waals surface area contributed by atoms with Gasteiger partial charge in [0.1, 0.15) is 0 Å². The average Bonchev–Trinajstić information content (AvgIpc) is 3.07. The first kappa shape index (κ1) is 21.1. The molecule has 0 saturated heterocycles. The van der Waals surface area contributed by atoms with E-state index in [1.165, 1.54) is 22.9 Å². The molecule has 1 N–H and O–H groups in total. The Labute approximate surface area is 176 Å². The van der Waals surface area contributed by atoms with Crippen LogP contribution in [0.5, 0.6) is 0 Å². The maximum atomic E-state index is 12.4. The van der Waals surface area contributed by atoms with Gasteiger partial charge < -0.3 is 9.88 Å². The van der Waals surface area contributed by atoms with Gasteiger partial charge >= 0.3 is 0 Å². The highest BCUT2D eigenvalue weighted by molar-refractivity contribution is 7.99. The van der Waals surface area contributed by atoms with Gasteiger partial charge in [-0.05, 0) is 37.0 Å². The molecule has 1 unspecified atom stereocenters. The second-order valence-electron chi connectivity index (χ2n) is 7.63. The number of amides is 1. The van der Waals surface area contributed by atoms with Crippen molar-refractivity contribution in [3.05, 3.63) is 65.2 Å². The van der Waals surface area contributed by atoms with Gasteiger partial charge in [-0.2, -0.15) is 0 Å². The number of benzene rings is 2. The zero-order valence-corrected chi connectivity index (χ0v) is 18.5. The number of hydrogen-bond acceptors (Lipinski definition) is 4. The quantitative estimate of drug-likeness (QED) is 0.566. The van der Waals surface area contributed by atoms with Crippen LogP contribution in [0, 0.1) is 6.92 Å². The van der Waals surface area contributed by atoms with Crippen molar-refractivity contribution in [2.45, 2.75) is 44.8 Å². The fourth-order valence-corrected chi connectivity index (χ4v) is 3.86. The van der Waals surface area contributed by atoms with E-state index in [0.717, 1.165) is 22.1 Å². The van der Waals surface area contributed by atoms with Crippen LogP contribution in [0.25, 0.3) is 11.4 Å². The zero-order chi connectivity index (χ0) is 21.0. The van der Waals surface area contributed by atoms with Gasteiger partial charge in [0.2, 0.25) is 5.91 Å². The van der Waals surface area contributed by atoms with Crippen LogP contribution < -0.4 is 5.32 Å². The number of nitrogens with one attached hydrogen (secondary N) is 1. The van der Waals surface area contributed by atoms with E-state index >= 15 is 0 Å². The number of hydrogen-bond donors (Lipinski definition) is 1. The third-order valence-corrected chi connectivity index (χ3v) is 5.94. The molecule has 0 radical (unpaired) electrons. The van der Waals surface area contributed by atoms with Gasteiger partial charge in [-0.3, -0.25) is 4.79 Å². The Hall–Kier alpha value is -2.60. The molecule has 152 valence electrons. The van der Waals surface area contributed by atoms with Crippen LogP contribution in [0.2, 0.25) is 0 Å². The van der Waals surface area contributed by atoms with E-state index in [1.54, 1.807) is 0 Å². The van der Waals surface area contributed by atoms with Crippen LogP contribution in [0.3, 0.4) is 0 Å². The number of carbonyl (C=O) groups excluding carboxylic acids is 1. The molecule has 1 aromatic heterocycles. The van der Waals surface area contributed by atoms with E-state index < -0.39 is 0 Å². The van der Waals surface area contributed by atoms with Crippen molar-refractivity contribution in [2.75, 3.05) is 5.75 Å². The Morgan fingerprint density at radius 1 is 1.07 bits per heavy atom. The Kier molecular flexibility index (Phi) is 6.75. The molecule has 29 heavy (non-hydrogen) atoms. The Balaban J connectivity index is 1.58. The summed E-state index contributed by atoms with van der Waals surface area (Å²) < 4.78 is 1.93. The summed E-state index contributed by atoms with van der Waals surface area (Å²) >= 11 is 1.40. The molecule has 0 aliphatic carbocycles. The number of rotatable bonds is 7. The lowest BCUT2D eigenvalue weighted by Crippen LogP contribution is -2.28. The number of carbonyl (C=O) groups is 1. The topological polar surface area (TPSA) is 59.8 Å². The monoisotopic (exact) mass is 408 g/mol. The van der Waals surface area contributed by atoms with E-state index in [-0.39, 0.29) is 11.9 Å². The van der Waals surface area contributed by atoms with Crippen LogP contribution in [-0.4, -0.2) is 26.4 Å². The maximum absolute atomic E-state index is 12.4. The van der Waals surface area contributed by atoms with Crippen LogP contribution >= 0.6 is 11.8 Å². The molecule has 1 heterocycles. The van der Waals surface area contributed by atoms with Crippen LogP contribution in [0.15, 0.2) is 53.7 Å². The molecule has 3 aromatic rings. The molecule has 2 aromatic carbocycles. The molecule has 1 atom stereocenters. The average molecular weight is 409 g/mol. The summed E-state index contributed by atoms with van der Waals surface area (Å²) in [6.45, 7) is 8.41. The number of nitrogens with zero attached hydrogens (tertiary/aromatic N) is 3. The fraction of sp³-hybridized carbons (Fsp3) is 0.348. The van der Waals surface area contributed by atoms with Crippen molar-refractivity contribution in [3.63, 3.8) is 0 Å². The lowest BCUT2D eigenvalue weighted by Gasteiger charge is -2.15. The molecule has 1 amide bonds. The Morgan fingerprint density at radius 3 is 2.41 bits per heavy atom. The van der Waals surface area contributed by atoms with Crippen LogP contribution in [0.1, 0.15) is 49.4 Å². The normalized spacial score (nSPS) is 12.2. The van der Waals surface area contributed by atoms with Crippen molar-refractivity contribution in [2.24, 2.45) is 7.05 Å². The Morgan fingerprint density at radius 2 is 1.76 bits per heavy atom. The highest BCUT2D eigenvalue weighted by Gasteiger charge is 2.15. The van der Waals surface area contributed by atoms with E-state index in [2.05, 4.69) is 72.7 Å². The molecule has 0 saturated carbocycles. The minimum Gasteiger partial charge on any atom is -0.349 e. The summed E-state index contributed by atoms with van der Waals surface area (Å²) in [5.41, 5.74) is 4.60. The first-order valence-electron chi connectivity index (χ1n) is 9.83. The molecule has 3 rings (SSSR count). The lowest BCUT2D eigenvalue weighted by molar-refractivity contribution is -0.119. The predicted molar refractivity (Wildman–Crippen MR) is 119 cm³/mol. The highest BCUT2D eigenvalue weighted by Crippen LogP contribution is 2.23. The van der Waals surface area contributed by atoms with E-state index in [0.29, 0.717) is 11.7 Å². The molecule has 0 bridgehead atoms. The zero-order valence-electron chi connectivity index (χ0n) is 17.6. The molecular formula is C23H28N4OS. The summed E-state index contributed by atoms with van der Waals surface area (Å²) in [4.78, 5) is 12.4. The van der Waals surface area contributed by atoms with Gasteiger partial charge in [-0.15, -0.1) is 10.2 Å². The molecule has 0 aliphatic rings. The largest absolute Gasteiger partial charge is 0.349 e. The SMILES string of the molecule is Cc1cccc(-c2nnc(SCC(=O)NC(C)c3ccc(C(C)C)cc3)n2C)c1.